The molecule has 1 N–H and O–H groups in total. The second-order valence-corrected chi connectivity index (χ2v) is 6.82. The molecule has 3 heterocycles. The van der Waals surface area contributed by atoms with Gasteiger partial charge in [-0.3, -0.25) is 4.99 Å². The molecule has 1 fully saturated rings. The van der Waals surface area contributed by atoms with Crippen molar-refractivity contribution in [3.8, 4) is 0 Å². The molecule has 1 aliphatic rings. The molecule has 130 valence electrons. The lowest BCUT2D eigenvalue weighted by Crippen LogP contribution is -2.40. The Bertz CT molecular complexity index is 604. The first-order chi connectivity index (χ1) is 11.8. The van der Waals surface area contributed by atoms with E-state index in [0.29, 0.717) is 0 Å². The molecule has 6 heteroatoms. The molecule has 1 unspecified atom stereocenters. The average Bonchev–Trinajstić information content (AvgIpc) is 3.32. The van der Waals surface area contributed by atoms with Crippen LogP contribution in [0.5, 0.6) is 0 Å². The van der Waals surface area contributed by atoms with E-state index in [1.807, 2.05) is 12.1 Å². The van der Waals surface area contributed by atoms with E-state index < -0.39 is 0 Å². The van der Waals surface area contributed by atoms with E-state index in [2.05, 4.69) is 34.1 Å². The molecule has 1 aliphatic heterocycles. The standard InChI is InChI=1S/C18H25N3O2S/c1-21(13-15-7-11-24-14-15)18(20-12-17-5-3-10-23-17)19-8-6-16-4-2-9-22-16/h2,4,7,9,11,14,17H,3,5-6,8,10,12-13H2,1H3,(H,19,20). The summed E-state index contributed by atoms with van der Waals surface area (Å²) in [4.78, 5) is 6.95. The van der Waals surface area contributed by atoms with Crippen molar-refractivity contribution in [2.45, 2.75) is 31.9 Å². The minimum Gasteiger partial charge on any atom is -0.469 e. The third kappa shape index (κ3) is 5.11. The van der Waals surface area contributed by atoms with Crippen LogP contribution in [0.3, 0.4) is 0 Å². The van der Waals surface area contributed by atoms with E-state index in [1.54, 1.807) is 17.6 Å². The predicted molar refractivity (Wildman–Crippen MR) is 97.5 cm³/mol. The SMILES string of the molecule is CN(Cc1ccsc1)C(=NCC1CCCO1)NCCc1ccco1. The van der Waals surface area contributed by atoms with E-state index in [0.717, 1.165) is 57.2 Å². The van der Waals surface area contributed by atoms with Gasteiger partial charge in [0.15, 0.2) is 5.96 Å². The van der Waals surface area contributed by atoms with Crippen LogP contribution in [-0.4, -0.2) is 43.7 Å². The molecule has 0 aliphatic carbocycles. The van der Waals surface area contributed by atoms with E-state index in [-0.39, 0.29) is 6.10 Å². The van der Waals surface area contributed by atoms with E-state index >= 15 is 0 Å². The Kier molecular flexibility index (Phi) is 6.32. The van der Waals surface area contributed by atoms with Crippen LogP contribution in [-0.2, 0) is 17.7 Å². The Labute approximate surface area is 147 Å². The van der Waals surface area contributed by atoms with Crippen LogP contribution in [0, 0.1) is 0 Å². The second kappa shape index (κ2) is 8.89. The van der Waals surface area contributed by atoms with Gasteiger partial charge in [0, 0.05) is 33.2 Å². The van der Waals surface area contributed by atoms with Gasteiger partial charge >= 0.3 is 0 Å². The summed E-state index contributed by atoms with van der Waals surface area (Å²) >= 11 is 1.72. The topological polar surface area (TPSA) is 50.0 Å². The lowest BCUT2D eigenvalue weighted by Gasteiger charge is -2.22. The summed E-state index contributed by atoms with van der Waals surface area (Å²) in [5.74, 6) is 1.91. The maximum atomic E-state index is 5.69. The molecule has 0 aromatic carbocycles. The zero-order chi connectivity index (χ0) is 16.6. The Morgan fingerprint density at radius 3 is 3.12 bits per heavy atom. The summed E-state index contributed by atoms with van der Waals surface area (Å²) in [5.41, 5.74) is 1.31. The number of ether oxygens (including phenoxy) is 1. The highest BCUT2D eigenvalue weighted by Crippen LogP contribution is 2.13. The van der Waals surface area contributed by atoms with E-state index in [4.69, 9.17) is 14.1 Å². The zero-order valence-electron chi connectivity index (χ0n) is 14.1. The fourth-order valence-corrected chi connectivity index (χ4v) is 3.43. The van der Waals surface area contributed by atoms with Gasteiger partial charge < -0.3 is 19.4 Å². The zero-order valence-corrected chi connectivity index (χ0v) is 14.9. The van der Waals surface area contributed by atoms with Gasteiger partial charge in [0.25, 0.3) is 0 Å². The highest BCUT2D eigenvalue weighted by Gasteiger charge is 2.16. The first kappa shape index (κ1) is 17.0. The molecule has 0 bridgehead atoms. The molecular formula is C18H25N3O2S. The number of guanidine groups is 1. The van der Waals surface area contributed by atoms with Crippen LogP contribution in [0.1, 0.15) is 24.2 Å². The minimum atomic E-state index is 0.265. The first-order valence-electron chi connectivity index (χ1n) is 8.46. The van der Waals surface area contributed by atoms with Crippen molar-refractivity contribution in [2.75, 3.05) is 26.7 Å². The minimum absolute atomic E-state index is 0.265. The summed E-state index contributed by atoms with van der Waals surface area (Å²) in [5, 5.41) is 7.74. The van der Waals surface area contributed by atoms with Crippen LogP contribution in [0.4, 0.5) is 0 Å². The van der Waals surface area contributed by atoms with Crippen molar-refractivity contribution >= 4 is 17.3 Å². The Morgan fingerprint density at radius 1 is 1.46 bits per heavy atom. The molecule has 0 radical (unpaired) electrons. The lowest BCUT2D eigenvalue weighted by atomic mass is 10.2. The number of nitrogens with one attached hydrogen (secondary N) is 1. The van der Waals surface area contributed by atoms with Gasteiger partial charge in [0.1, 0.15) is 5.76 Å². The summed E-state index contributed by atoms with van der Waals surface area (Å²) < 4.78 is 11.1. The third-order valence-corrected chi connectivity index (χ3v) is 4.80. The first-order valence-corrected chi connectivity index (χ1v) is 9.40. The van der Waals surface area contributed by atoms with Crippen LogP contribution in [0.25, 0.3) is 0 Å². The summed E-state index contributed by atoms with van der Waals surface area (Å²) in [6.45, 7) is 3.23. The van der Waals surface area contributed by atoms with Crippen LogP contribution in [0.15, 0.2) is 44.6 Å². The number of aliphatic imine (C=N–C) groups is 1. The van der Waals surface area contributed by atoms with Crippen molar-refractivity contribution in [3.05, 3.63) is 46.5 Å². The van der Waals surface area contributed by atoms with Gasteiger partial charge in [-0.15, -0.1) is 0 Å². The Balaban J connectivity index is 1.56. The van der Waals surface area contributed by atoms with Gasteiger partial charge in [-0.2, -0.15) is 11.3 Å². The molecule has 3 rings (SSSR count). The molecule has 5 nitrogen and oxygen atoms in total. The Hall–Kier alpha value is -1.79. The molecule has 0 spiro atoms. The molecule has 1 atom stereocenters. The molecule has 0 amide bonds. The van der Waals surface area contributed by atoms with Crippen molar-refractivity contribution in [1.29, 1.82) is 0 Å². The largest absolute Gasteiger partial charge is 0.469 e. The summed E-state index contributed by atoms with van der Waals surface area (Å²) in [6, 6.07) is 6.08. The molecular weight excluding hydrogens is 322 g/mol. The number of thiophene rings is 1. The van der Waals surface area contributed by atoms with Crippen molar-refractivity contribution in [1.82, 2.24) is 10.2 Å². The molecule has 24 heavy (non-hydrogen) atoms. The molecule has 1 saturated heterocycles. The third-order valence-electron chi connectivity index (χ3n) is 4.06. The number of hydrogen-bond donors (Lipinski definition) is 1. The quantitative estimate of drug-likeness (QED) is 0.617. The van der Waals surface area contributed by atoms with Gasteiger partial charge in [-0.1, -0.05) is 0 Å². The number of furan rings is 1. The van der Waals surface area contributed by atoms with Crippen LogP contribution < -0.4 is 5.32 Å². The fraction of sp³-hybridized carbons (Fsp3) is 0.500. The van der Waals surface area contributed by atoms with Crippen LogP contribution in [0.2, 0.25) is 0 Å². The average molecular weight is 347 g/mol. The van der Waals surface area contributed by atoms with E-state index in [9.17, 15) is 0 Å². The Morgan fingerprint density at radius 2 is 2.42 bits per heavy atom. The smallest absolute Gasteiger partial charge is 0.194 e. The van der Waals surface area contributed by atoms with Crippen molar-refractivity contribution in [2.24, 2.45) is 4.99 Å². The van der Waals surface area contributed by atoms with Crippen molar-refractivity contribution < 1.29 is 9.15 Å². The van der Waals surface area contributed by atoms with Gasteiger partial charge in [0.05, 0.1) is 18.9 Å². The van der Waals surface area contributed by atoms with Gasteiger partial charge in [-0.25, -0.2) is 0 Å². The maximum Gasteiger partial charge on any atom is 0.194 e. The van der Waals surface area contributed by atoms with Crippen molar-refractivity contribution in [3.63, 3.8) is 0 Å². The monoisotopic (exact) mass is 347 g/mol. The van der Waals surface area contributed by atoms with Crippen LogP contribution >= 0.6 is 11.3 Å². The summed E-state index contributed by atoms with van der Waals surface area (Å²) in [7, 11) is 2.08. The molecule has 2 aromatic heterocycles. The number of rotatable bonds is 7. The maximum absolute atomic E-state index is 5.69. The molecule has 0 saturated carbocycles. The highest BCUT2D eigenvalue weighted by molar-refractivity contribution is 7.07. The molecule has 2 aromatic rings. The number of nitrogens with zero attached hydrogens (tertiary/aromatic N) is 2. The van der Waals surface area contributed by atoms with Gasteiger partial charge in [0.2, 0.25) is 0 Å². The summed E-state index contributed by atoms with van der Waals surface area (Å²) in [6.07, 6.45) is 5.08. The fourth-order valence-electron chi connectivity index (χ4n) is 2.77. The number of hydrogen-bond acceptors (Lipinski definition) is 4. The predicted octanol–water partition coefficient (Wildman–Crippen LogP) is 3.14. The lowest BCUT2D eigenvalue weighted by molar-refractivity contribution is 0.117. The highest BCUT2D eigenvalue weighted by atomic mass is 32.1. The van der Waals surface area contributed by atoms with Gasteiger partial charge in [-0.05, 0) is 47.4 Å². The normalized spacial score (nSPS) is 18.0. The second-order valence-electron chi connectivity index (χ2n) is 6.04. The van der Waals surface area contributed by atoms with E-state index in [1.165, 1.54) is 5.56 Å².